The zero-order valence-electron chi connectivity index (χ0n) is 16.7. The molecule has 1 N–H and O–H groups in total. The second kappa shape index (κ2) is 8.35. The van der Waals surface area contributed by atoms with Crippen LogP contribution in [0.4, 0.5) is 4.39 Å². The smallest absolute Gasteiger partial charge is 0.271 e. The fourth-order valence-corrected chi connectivity index (χ4v) is 3.29. The minimum absolute atomic E-state index is 0.135. The van der Waals surface area contributed by atoms with Crippen molar-refractivity contribution >= 4 is 12.1 Å². The molecule has 1 aromatic heterocycles. The maximum atomic E-state index is 13.4. The molecule has 5 rings (SSSR count). The number of carbonyl (C=O) groups excluding carboxylic acids is 1. The van der Waals surface area contributed by atoms with Gasteiger partial charge in [-0.05, 0) is 54.6 Å². The van der Waals surface area contributed by atoms with Crippen molar-refractivity contribution in [1.29, 1.82) is 0 Å². The average molecular weight is 428 g/mol. The maximum Gasteiger partial charge on any atom is 0.271 e. The zero-order chi connectivity index (χ0) is 21.9. The van der Waals surface area contributed by atoms with E-state index < -0.39 is 5.91 Å². The standard InChI is InChI=1S/C24H17FN4O3/c25-19-9-6-16(7-10-19)23-18(14-29(28-23)20-4-2-1-3-5-20)13-26-27-24(30)17-8-11-21-22(12-17)32-15-31-21/h1-14H,15H2,(H,27,30). The molecule has 0 saturated carbocycles. The van der Waals surface area contributed by atoms with Crippen LogP contribution in [0.1, 0.15) is 15.9 Å². The molecule has 3 aromatic carbocycles. The van der Waals surface area contributed by atoms with Crippen LogP contribution in [-0.2, 0) is 0 Å². The van der Waals surface area contributed by atoms with Gasteiger partial charge in [-0.2, -0.15) is 10.2 Å². The predicted octanol–water partition coefficient (Wildman–Crippen LogP) is 4.17. The number of nitrogens with one attached hydrogen (secondary N) is 1. The van der Waals surface area contributed by atoms with E-state index in [1.54, 1.807) is 41.2 Å². The molecule has 0 unspecified atom stereocenters. The summed E-state index contributed by atoms with van der Waals surface area (Å²) in [6.45, 7) is 0.135. The van der Waals surface area contributed by atoms with E-state index in [0.717, 1.165) is 11.3 Å². The summed E-state index contributed by atoms with van der Waals surface area (Å²) >= 11 is 0. The number of fused-ring (bicyclic) bond motifs is 1. The van der Waals surface area contributed by atoms with Gasteiger partial charge in [0.15, 0.2) is 11.5 Å². The van der Waals surface area contributed by atoms with E-state index in [0.29, 0.717) is 28.3 Å². The number of hydrogen-bond donors (Lipinski definition) is 1. The summed E-state index contributed by atoms with van der Waals surface area (Å²) in [6.07, 6.45) is 3.31. The monoisotopic (exact) mass is 428 g/mol. The van der Waals surface area contributed by atoms with Crippen molar-refractivity contribution in [2.45, 2.75) is 0 Å². The third kappa shape index (κ3) is 3.93. The first kappa shape index (κ1) is 19.5. The minimum Gasteiger partial charge on any atom is -0.454 e. The van der Waals surface area contributed by atoms with Crippen LogP contribution in [0.15, 0.2) is 84.1 Å². The van der Waals surface area contributed by atoms with Crippen molar-refractivity contribution in [3.8, 4) is 28.4 Å². The zero-order valence-corrected chi connectivity index (χ0v) is 16.7. The van der Waals surface area contributed by atoms with Gasteiger partial charge in [0.25, 0.3) is 5.91 Å². The summed E-state index contributed by atoms with van der Waals surface area (Å²) in [7, 11) is 0. The minimum atomic E-state index is -0.390. The van der Waals surface area contributed by atoms with Gasteiger partial charge >= 0.3 is 0 Å². The van der Waals surface area contributed by atoms with E-state index in [-0.39, 0.29) is 12.6 Å². The highest BCUT2D eigenvalue weighted by Crippen LogP contribution is 2.32. The molecule has 0 fully saturated rings. The summed E-state index contributed by atoms with van der Waals surface area (Å²) in [4.78, 5) is 12.5. The highest BCUT2D eigenvalue weighted by Gasteiger charge is 2.16. The maximum absolute atomic E-state index is 13.4. The van der Waals surface area contributed by atoms with E-state index in [1.807, 2.05) is 30.3 Å². The van der Waals surface area contributed by atoms with E-state index in [2.05, 4.69) is 15.6 Å². The molecule has 158 valence electrons. The second-order valence-electron chi connectivity index (χ2n) is 6.99. The second-order valence-corrected chi connectivity index (χ2v) is 6.99. The fourth-order valence-electron chi connectivity index (χ4n) is 3.29. The Morgan fingerprint density at radius 2 is 1.81 bits per heavy atom. The largest absolute Gasteiger partial charge is 0.454 e. The number of amides is 1. The third-order valence-corrected chi connectivity index (χ3v) is 4.89. The number of carbonyl (C=O) groups is 1. The third-order valence-electron chi connectivity index (χ3n) is 4.89. The van der Waals surface area contributed by atoms with Crippen LogP contribution in [-0.4, -0.2) is 28.7 Å². The molecule has 7 nitrogen and oxygen atoms in total. The number of rotatable bonds is 5. The number of ether oxygens (including phenoxy) is 2. The van der Waals surface area contributed by atoms with Crippen molar-refractivity contribution < 1.29 is 18.7 Å². The number of hydrogen-bond acceptors (Lipinski definition) is 5. The lowest BCUT2D eigenvalue weighted by atomic mass is 10.1. The van der Waals surface area contributed by atoms with Crippen LogP contribution in [0, 0.1) is 5.82 Å². The predicted molar refractivity (Wildman–Crippen MR) is 117 cm³/mol. The first-order valence-electron chi connectivity index (χ1n) is 9.81. The molecule has 0 atom stereocenters. The van der Waals surface area contributed by atoms with Crippen LogP contribution in [0.3, 0.4) is 0 Å². The molecule has 2 heterocycles. The number of benzene rings is 3. The molecule has 1 amide bonds. The van der Waals surface area contributed by atoms with Gasteiger partial charge in [-0.25, -0.2) is 14.5 Å². The molecule has 0 bridgehead atoms. The molecular formula is C24H17FN4O3. The van der Waals surface area contributed by atoms with E-state index in [4.69, 9.17) is 9.47 Å². The Morgan fingerprint density at radius 1 is 1.03 bits per heavy atom. The molecule has 1 aliphatic rings. The Balaban J connectivity index is 1.41. The number of para-hydroxylation sites is 1. The molecule has 0 spiro atoms. The molecule has 1 aliphatic heterocycles. The molecule has 0 aliphatic carbocycles. The molecular weight excluding hydrogens is 411 g/mol. The average Bonchev–Trinajstić information content (AvgIpc) is 3.47. The van der Waals surface area contributed by atoms with Crippen molar-refractivity contribution in [1.82, 2.24) is 15.2 Å². The lowest BCUT2D eigenvalue weighted by Gasteiger charge is -2.02. The van der Waals surface area contributed by atoms with Crippen LogP contribution < -0.4 is 14.9 Å². The molecule has 32 heavy (non-hydrogen) atoms. The highest BCUT2D eigenvalue weighted by atomic mass is 19.1. The first-order chi connectivity index (χ1) is 15.7. The quantitative estimate of drug-likeness (QED) is 0.382. The van der Waals surface area contributed by atoms with Crippen molar-refractivity contribution in [3.63, 3.8) is 0 Å². The molecule has 4 aromatic rings. The van der Waals surface area contributed by atoms with Crippen LogP contribution in [0.5, 0.6) is 11.5 Å². The summed E-state index contributed by atoms with van der Waals surface area (Å²) in [5, 5.41) is 8.73. The van der Waals surface area contributed by atoms with E-state index in [1.165, 1.54) is 18.3 Å². The van der Waals surface area contributed by atoms with Crippen LogP contribution >= 0.6 is 0 Å². The summed E-state index contributed by atoms with van der Waals surface area (Å²) < 4.78 is 25.7. The van der Waals surface area contributed by atoms with Crippen molar-refractivity contribution in [2.24, 2.45) is 5.10 Å². The van der Waals surface area contributed by atoms with Crippen LogP contribution in [0.2, 0.25) is 0 Å². The lowest BCUT2D eigenvalue weighted by Crippen LogP contribution is -2.17. The normalized spacial score (nSPS) is 12.3. The van der Waals surface area contributed by atoms with Gasteiger partial charge in [-0.1, -0.05) is 18.2 Å². The van der Waals surface area contributed by atoms with E-state index >= 15 is 0 Å². The number of halogens is 1. The molecule has 0 saturated heterocycles. The Kier molecular flexibility index (Phi) is 5.09. The highest BCUT2D eigenvalue weighted by molar-refractivity contribution is 5.96. The van der Waals surface area contributed by atoms with Gasteiger partial charge in [0.1, 0.15) is 11.5 Å². The fraction of sp³-hybridized carbons (Fsp3) is 0.0417. The van der Waals surface area contributed by atoms with Gasteiger partial charge in [0, 0.05) is 22.9 Å². The summed E-state index contributed by atoms with van der Waals surface area (Å²) in [5.41, 5.74) is 5.76. The van der Waals surface area contributed by atoms with Gasteiger partial charge in [0.2, 0.25) is 6.79 Å². The number of hydrazone groups is 1. The Bertz CT molecular complexity index is 1300. The number of nitrogens with zero attached hydrogens (tertiary/aromatic N) is 3. The SMILES string of the molecule is O=C(NN=Cc1cn(-c2ccccc2)nc1-c1ccc(F)cc1)c1ccc2c(c1)OCO2. The Morgan fingerprint density at radius 3 is 2.62 bits per heavy atom. The van der Waals surface area contributed by atoms with Gasteiger partial charge in [0.05, 0.1) is 11.9 Å². The molecule has 0 radical (unpaired) electrons. The van der Waals surface area contributed by atoms with E-state index in [9.17, 15) is 9.18 Å². The first-order valence-corrected chi connectivity index (χ1v) is 9.81. The lowest BCUT2D eigenvalue weighted by molar-refractivity contribution is 0.0954. The number of aromatic nitrogens is 2. The summed E-state index contributed by atoms with van der Waals surface area (Å²) in [6, 6.07) is 20.5. The van der Waals surface area contributed by atoms with Gasteiger partial charge in [-0.15, -0.1) is 0 Å². The van der Waals surface area contributed by atoms with Crippen molar-refractivity contribution in [2.75, 3.05) is 6.79 Å². The summed E-state index contributed by atoms with van der Waals surface area (Å²) in [5.74, 6) is 0.396. The Hall–Kier alpha value is -4.46. The van der Waals surface area contributed by atoms with Gasteiger partial charge in [-0.3, -0.25) is 4.79 Å². The Labute approximate surface area is 182 Å². The van der Waals surface area contributed by atoms with Crippen LogP contribution in [0.25, 0.3) is 16.9 Å². The molecule has 8 heteroatoms. The topological polar surface area (TPSA) is 77.7 Å². The van der Waals surface area contributed by atoms with Crippen molar-refractivity contribution in [3.05, 3.63) is 95.9 Å². The van der Waals surface area contributed by atoms with Gasteiger partial charge < -0.3 is 9.47 Å².